The molecule has 148 valence electrons. The largest absolute Gasteiger partial charge is 0.379 e. The first-order valence-electron chi connectivity index (χ1n) is 10.8. The van der Waals surface area contributed by atoms with Crippen molar-refractivity contribution in [1.29, 1.82) is 0 Å². The van der Waals surface area contributed by atoms with Gasteiger partial charge < -0.3 is 10.1 Å². The Balaban J connectivity index is 1.45. The normalized spacial score (nSPS) is 28.7. The van der Waals surface area contributed by atoms with Gasteiger partial charge in [-0.05, 0) is 62.9 Å². The van der Waals surface area contributed by atoms with Crippen LogP contribution in [0.15, 0.2) is 24.5 Å². The average molecular weight is 372 g/mol. The van der Waals surface area contributed by atoms with Crippen LogP contribution in [0.2, 0.25) is 0 Å². The van der Waals surface area contributed by atoms with Gasteiger partial charge in [-0.15, -0.1) is 0 Å². The fourth-order valence-electron chi connectivity index (χ4n) is 5.23. The van der Waals surface area contributed by atoms with Crippen LogP contribution in [0.4, 0.5) is 0 Å². The highest BCUT2D eigenvalue weighted by Crippen LogP contribution is 2.36. The Labute approximate surface area is 162 Å². The minimum Gasteiger partial charge on any atom is -0.379 e. The topological polar surface area (TPSA) is 54.5 Å². The van der Waals surface area contributed by atoms with Gasteiger partial charge in [0.1, 0.15) is 5.54 Å². The van der Waals surface area contributed by atoms with Crippen molar-refractivity contribution in [3.63, 3.8) is 0 Å². The van der Waals surface area contributed by atoms with E-state index in [4.69, 9.17) is 4.74 Å². The summed E-state index contributed by atoms with van der Waals surface area (Å²) in [5, 5.41) is 3.44. The molecule has 5 nitrogen and oxygen atoms in total. The molecule has 1 saturated carbocycles. The van der Waals surface area contributed by atoms with Crippen LogP contribution in [-0.4, -0.2) is 53.7 Å². The van der Waals surface area contributed by atoms with Crippen LogP contribution in [0.1, 0.15) is 56.9 Å². The number of ether oxygens (including phenoxy) is 1. The Morgan fingerprint density at radius 3 is 2.52 bits per heavy atom. The first kappa shape index (κ1) is 18.9. The summed E-state index contributed by atoms with van der Waals surface area (Å²) in [5.41, 5.74) is 0.991. The zero-order chi connectivity index (χ0) is 18.5. The summed E-state index contributed by atoms with van der Waals surface area (Å²) >= 11 is 0. The molecule has 0 unspecified atom stereocenters. The van der Waals surface area contributed by atoms with E-state index in [2.05, 4.69) is 27.3 Å². The van der Waals surface area contributed by atoms with Crippen LogP contribution in [0.3, 0.4) is 0 Å². The fourth-order valence-corrected chi connectivity index (χ4v) is 5.23. The lowest BCUT2D eigenvalue weighted by Crippen LogP contribution is -2.62. The van der Waals surface area contributed by atoms with Gasteiger partial charge in [0.15, 0.2) is 0 Å². The van der Waals surface area contributed by atoms with E-state index in [-0.39, 0.29) is 17.5 Å². The summed E-state index contributed by atoms with van der Waals surface area (Å²) in [6.07, 6.45) is 14.0. The zero-order valence-electron chi connectivity index (χ0n) is 16.4. The fraction of sp³-hybridized carbons (Fsp3) is 0.727. The Morgan fingerprint density at radius 2 is 1.78 bits per heavy atom. The molecule has 2 atom stereocenters. The highest BCUT2D eigenvalue weighted by atomic mass is 16.5. The number of piperidine rings is 1. The maximum absolute atomic E-state index is 13.6. The molecule has 1 aromatic heterocycles. The summed E-state index contributed by atoms with van der Waals surface area (Å²) in [7, 11) is 0. The smallest absolute Gasteiger partial charge is 0.240 e. The first-order chi connectivity index (χ1) is 13.3. The van der Waals surface area contributed by atoms with Gasteiger partial charge in [0.05, 0.1) is 19.3 Å². The summed E-state index contributed by atoms with van der Waals surface area (Å²) in [6.45, 7) is 3.52. The number of rotatable bonds is 5. The Hall–Kier alpha value is -1.46. The van der Waals surface area contributed by atoms with Crippen molar-refractivity contribution in [1.82, 2.24) is 15.2 Å². The van der Waals surface area contributed by atoms with Gasteiger partial charge in [-0.25, -0.2) is 0 Å². The Morgan fingerprint density at radius 1 is 1.07 bits per heavy atom. The van der Waals surface area contributed by atoms with Crippen LogP contribution >= 0.6 is 0 Å². The number of hydrogen-bond donors (Lipinski definition) is 1. The molecule has 2 saturated heterocycles. The molecule has 1 aromatic rings. The highest BCUT2D eigenvalue weighted by Gasteiger charge is 2.46. The van der Waals surface area contributed by atoms with Crippen molar-refractivity contribution < 1.29 is 9.53 Å². The average Bonchev–Trinajstić information content (AvgIpc) is 3.16. The van der Waals surface area contributed by atoms with Crippen molar-refractivity contribution in [3.8, 4) is 0 Å². The molecule has 0 radical (unpaired) electrons. The lowest BCUT2D eigenvalue weighted by Gasteiger charge is -2.47. The van der Waals surface area contributed by atoms with Crippen molar-refractivity contribution in [2.75, 3.05) is 26.3 Å². The third kappa shape index (κ3) is 4.19. The highest BCUT2D eigenvalue weighted by molar-refractivity contribution is 5.86. The third-order valence-corrected chi connectivity index (χ3v) is 6.83. The lowest BCUT2D eigenvalue weighted by atomic mass is 9.78. The molecular weight excluding hydrogens is 338 g/mol. The first-order valence-corrected chi connectivity index (χ1v) is 10.8. The Kier molecular flexibility index (Phi) is 6.08. The maximum Gasteiger partial charge on any atom is 0.240 e. The molecule has 1 amide bonds. The molecule has 0 aromatic carbocycles. The summed E-state index contributed by atoms with van der Waals surface area (Å²) in [4.78, 5) is 20.2. The van der Waals surface area contributed by atoms with Crippen molar-refractivity contribution in [2.24, 2.45) is 5.92 Å². The van der Waals surface area contributed by atoms with E-state index in [1.54, 1.807) is 0 Å². The van der Waals surface area contributed by atoms with Crippen LogP contribution in [0.5, 0.6) is 0 Å². The number of likely N-dealkylation sites (tertiary alicyclic amines) is 1. The number of nitrogens with zero attached hydrogens (tertiary/aromatic N) is 2. The monoisotopic (exact) mass is 371 g/mol. The van der Waals surface area contributed by atoms with Gasteiger partial charge in [0, 0.05) is 18.3 Å². The van der Waals surface area contributed by atoms with Gasteiger partial charge in [0.2, 0.25) is 5.91 Å². The number of aromatic nitrogens is 1. The summed E-state index contributed by atoms with van der Waals surface area (Å²) in [6, 6.07) is 4.25. The number of carbonyl (C=O) groups excluding carboxylic acids is 1. The van der Waals surface area contributed by atoms with Crippen LogP contribution < -0.4 is 5.32 Å². The van der Waals surface area contributed by atoms with E-state index in [0.29, 0.717) is 12.5 Å². The van der Waals surface area contributed by atoms with Gasteiger partial charge >= 0.3 is 0 Å². The van der Waals surface area contributed by atoms with Gasteiger partial charge in [0.25, 0.3) is 0 Å². The molecule has 4 rings (SSSR count). The maximum atomic E-state index is 13.6. The van der Waals surface area contributed by atoms with Crippen LogP contribution in [-0.2, 0) is 16.0 Å². The number of hydrogen-bond acceptors (Lipinski definition) is 4. The minimum atomic E-state index is -0.275. The molecule has 5 heteroatoms. The second-order valence-electron chi connectivity index (χ2n) is 8.58. The molecule has 2 aliphatic heterocycles. The number of carbonyl (C=O) groups is 1. The standard InChI is InChI=1S/C22H33N3O2/c26-21(22(9-3-1-4-10-22)25-13-5-2-6-14-25)24-20-17-27-16-19(20)15-18-7-11-23-12-8-18/h7-8,11-12,19-20H,1-6,9-10,13-17H2,(H,24,26)/t19-,20-/m1/s1. The van der Waals surface area contributed by atoms with E-state index < -0.39 is 0 Å². The minimum absolute atomic E-state index is 0.120. The quantitative estimate of drug-likeness (QED) is 0.865. The van der Waals surface area contributed by atoms with Gasteiger partial charge in [-0.1, -0.05) is 25.7 Å². The summed E-state index contributed by atoms with van der Waals surface area (Å²) in [5.74, 6) is 0.609. The van der Waals surface area contributed by atoms with E-state index >= 15 is 0 Å². The predicted molar refractivity (Wildman–Crippen MR) is 105 cm³/mol. The zero-order valence-corrected chi connectivity index (χ0v) is 16.4. The molecule has 3 fully saturated rings. The molecule has 0 bridgehead atoms. The van der Waals surface area contributed by atoms with E-state index in [0.717, 1.165) is 39.0 Å². The molecule has 27 heavy (non-hydrogen) atoms. The molecule has 0 spiro atoms. The molecule has 1 N–H and O–H groups in total. The molecular formula is C22H33N3O2. The summed E-state index contributed by atoms with van der Waals surface area (Å²) < 4.78 is 5.76. The third-order valence-electron chi connectivity index (χ3n) is 6.83. The van der Waals surface area contributed by atoms with Crippen LogP contribution in [0.25, 0.3) is 0 Å². The molecule has 3 aliphatic rings. The second kappa shape index (κ2) is 8.70. The van der Waals surface area contributed by atoms with Crippen molar-refractivity contribution in [3.05, 3.63) is 30.1 Å². The van der Waals surface area contributed by atoms with E-state index in [1.807, 2.05) is 12.4 Å². The van der Waals surface area contributed by atoms with Crippen LogP contribution in [0, 0.1) is 5.92 Å². The number of pyridine rings is 1. The van der Waals surface area contributed by atoms with Crippen molar-refractivity contribution >= 4 is 5.91 Å². The molecule has 3 heterocycles. The van der Waals surface area contributed by atoms with E-state index in [9.17, 15) is 4.79 Å². The number of nitrogens with one attached hydrogen (secondary N) is 1. The van der Waals surface area contributed by atoms with Crippen molar-refractivity contribution in [2.45, 2.75) is 69.4 Å². The SMILES string of the molecule is O=C(N[C@@H]1COC[C@H]1Cc1ccncc1)C1(N2CCCCC2)CCCCC1. The number of amides is 1. The Bertz CT molecular complexity index is 609. The van der Waals surface area contributed by atoms with E-state index in [1.165, 1.54) is 44.1 Å². The second-order valence-corrected chi connectivity index (χ2v) is 8.58. The lowest BCUT2D eigenvalue weighted by molar-refractivity contribution is -0.138. The van der Waals surface area contributed by atoms with Gasteiger partial charge in [-0.2, -0.15) is 0 Å². The van der Waals surface area contributed by atoms with Gasteiger partial charge in [-0.3, -0.25) is 14.7 Å². The predicted octanol–water partition coefficient (Wildman–Crippen LogP) is 2.94. The molecule has 1 aliphatic carbocycles.